The minimum Gasteiger partial charge on any atom is -0.505 e. The van der Waals surface area contributed by atoms with Crippen molar-refractivity contribution in [3.8, 4) is 5.75 Å². The maximum absolute atomic E-state index is 13.3. The van der Waals surface area contributed by atoms with Crippen LogP contribution in [-0.2, 0) is 0 Å². The average molecular weight is 287 g/mol. The Morgan fingerprint density at radius 3 is 2.48 bits per heavy atom. The van der Waals surface area contributed by atoms with Gasteiger partial charge < -0.3 is 5.11 Å². The van der Waals surface area contributed by atoms with E-state index in [2.05, 4.69) is 15.5 Å². The Hall–Kier alpha value is -2.60. The van der Waals surface area contributed by atoms with Gasteiger partial charge in [-0.2, -0.15) is 10.2 Å². The molecular formula is C15H14FN3O2. The summed E-state index contributed by atoms with van der Waals surface area (Å²) < 4.78 is 13.3. The van der Waals surface area contributed by atoms with Gasteiger partial charge in [0.05, 0.1) is 5.69 Å². The van der Waals surface area contributed by atoms with Crippen molar-refractivity contribution in [1.82, 2.24) is 5.32 Å². The lowest BCUT2D eigenvalue weighted by molar-refractivity contribution is 0.103. The monoisotopic (exact) mass is 287 g/mol. The molecule has 2 aromatic carbocycles. The molecule has 0 bridgehead atoms. The summed E-state index contributed by atoms with van der Waals surface area (Å²) in [7, 11) is 1.76. The van der Waals surface area contributed by atoms with E-state index in [0.29, 0.717) is 17.9 Å². The molecule has 0 fully saturated rings. The van der Waals surface area contributed by atoms with Gasteiger partial charge in [-0.15, -0.1) is 0 Å². The fourth-order valence-corrected chi connectivity index (χ4v) is 1.68. The van der Waals surface area contributed by atoms with Gasteiger partial charge in [-0.05, 0) is 49.5 Å². The lowest BCUT2D eigenvalue weighted by Crippen LogP contribution is -2.03. The molecule has 0 aliphatic carbocycles. The molecule has 0 aliphatic rings. The van der Waals surface area contributed by atoms with Gasteiger partial charge in [0.15, 0.2) is 17.3 Å². The minimum atomic E-state index is -0.821. The molecular weight excluding hydrogens is 273 g/mol. The van der Waals surface area contributed by atoms with Crippen molar-refractivity contribution in [2.24, 2.45) is 10.2 Å². The van der Waals surface area contributed by atoms with Crippen LogP contribution in [-0.4, -0.2) is 24.6 Å². The molecule has 5 nitrogen and oxygen atoms in total. The van der Waals surface area contributed by atoms with Crippen molar-refractivity contribution in [3.05, 3.63) is 59.4 Å². The second kappa shape index (κ2) is 6.71. The number of benzene rings is 2. The van der Waals surface area contributed by atoms with Gasteiger partial charge in [0, 0.05) is 11.1 Å². The maximum Gasteiger partial charge on any atom is 0.193 e. The molecule has 2 N–H and O–H groups in total. The van der Waals surface area contributed by atoms with E-state index >= 15 is 0 Å². The van der Waals surface area contributed by atoms with E-state index in [-0.39, 0.29) is 11.3 Å². The Labute approximate surface area is 121 Å². The molecule has 2 aromatic rings. The number of rotatable bonds is 5. The fourth-order valence-electron chi connectivity index (χ4n) is 1.68. The van der Waals surface area contributed by atoms with Crippen LogP contribution >= 0.6 is 0 Å². The summed E-state index contributed by atoms with van der Waals surface area (Å²) >= 11 is 0. The van der Waals surface area contributed by atoms with Crippen molar-refractivity contribution < 1.29 is 14.3 Å². The number of nitrogens with one attached hydrogen (secondary N) is 1. The number of carbonyl (C=O) groups excluding carboxylic acids is 1. The molecule has 21 heavy (non-hydrogen) atoms. The van der Waals surface area contributed by atoms with Gasteiger partial charge in [0.2, 0.25) is 0 Å². The minimum absolute atomic E-state index is 0.176. The highest BCUT2D eigenvalue weighted by Gasteiger charge is 2.11. The number of hydrogen-bond donors (Lipinski definition) is 2. The molecule has 0 spiro atoms. The van der Waals surface area contributed by atoms with Gasteiger partial charge >= 0.3 is 0 Å². The highest BCUT2D eigenvalue weighted by molar-refractivity contribution is 6.09. The summed E-state index contributed by atoms with van der Waals surface area (Å²) in [6.45, 7) is 0.410. The molecule has 0 amide bonds. The molecule has 0 saturated heterocycles. The van der Waals surface area contributed by atoms with Crippen molar-refractivity contribution in [1.29, 1.82) is 0 Å². The third-order valence-corrected chi connectivity index (χ3v) is 2.75. The largest absolute Gasteiger partial charge is 0.505 e. The lowest BCUT2D eigenvalue weighted by Gasteiger charge is -2.03. The number of phenols is 1. The summed E-state index contributed by atoms with van der Waals surface area (Å²) in [6.07, 6.45) is 0. The van der Waals surface area contributed by atoms with Crippen LogP contribution in [0.15, 0.2) is 52.7 Å². The number of ketones is 1. The van der Waals surface area contributed by atoms with Crippen molar-refractivity contribution in [3.63, 3.8) is 0 Å². The number of halogens is 1. The summed E-state index contributed by atoms with van der Waals surface area (Å²) in [5.74, 6) is -1.63. The first-order valence-corrected chi connectivity index (χ1v) is 6.27. The van der Waals surface area contributed by atoms with Gasteiger partial charge in [-0.25, -0.2) is 4.39 Å². The summed E-state index contributed by atoms with van der Waals surface area (Å²) in [4.78, 5) is 12.2. The number of phenolic OH excluding ortho intramolecular Hbond substituents is 1. The van der Waals surface area contributed by atoms with Crippen LogP contribution in [0.4, 0.5) is 10.1 Å². The lowest BCUT2D eigenvalue weighted by atomic mass is 10.0. The quantitative estimate of drug-likeness (QED) is 0.655. The summed E-state index contributed by atoms with van der Waals surface area (Å²) in [5, 5.41) is 19.8. The first kappa shape index (κ1) is 14.8. The summed E-state index contributed by atoms with van der Waals surface area (Å²) in [6, 6.07) is 10.1. The molecule has 0 radical (unpaired) electrons. The third kappa shape index (κ3) is 3.70. The van der Waals surface area contributed by atoms with Crippen molar-refractivity contribution in [2.45, 2.75) is 0 Å². The SMILES string of the molecule is CNCN=Nc1ccc(C(=O)c2ccc(O)c(F)c2)cc1. The Kier molecular flexibility index (Phi) is 4.73. The van der Waals surface area contributed by atoms with E-state index < -0.39 is 11.6 Å². The highest BCUT2D eigenvalue weighted by atomic mass is 19.1. The van der Waals surface area contributed by atoms with E-state index in [0.717, 1.165) is 12.1 Å². The van der Waals surface area contributed by atoms with Crippen molar-refractivity contribution in [2.75, 3.05) is 13.7 Å². The normalized spacial score (nSPS) is 11.0. The van der Waals surface area contributed by atoms with Crippen LogP contribution in [0.3, 0.4) is 0 Å². The van der Waals surface area contributed by atoms with E-state index in [9.17, 15) is 9.18 Å². The molecule has 6 heteroatoms. The number of carbonyl (C=O) groups is 1. The molecule has 0 saturated carbocycles. The number of hydrogen-bond acceptors (Lipinski definition) is 5. The van der Waals surface area contributed by atoms with Gasteiger partial charge in [0.1, 0.15) is 6.67 Å². The van der Waals surface area contributed by atoms with Crippen molar-refractivity contribution >= 4 is 11.5 Å². The predicted octanol–water partition coefficient (Wildman–Crippen LogP) is 3.02. The third-order valence-electron chi connectivity index (χ3n) is 2.75. The second-order valence-corrected chi connectivity index (χ2v) is 4.30. The number of aromatic hydroxyl groups is 1. The first-order valence-electron chi connectivity index (χ1n) is 6.27. The van der Waals surface area contributed by atoms with E-state index in [1.54, 1.807) is 31.3 Å². The zero-order valence-electron chi connectivity index (χ0n) is 11.4. The number of azo groups is 1. The highest BCUT2D eigenvalue weighted by Crippen LogP contribution is 2.20. The van der Waals surface area contributed by atoms with E-state index in [1.165, 1.54) is 6.07 Å². The van der Waals surface area contributed by atoms with Crippen LogP contribution < -0.4 is 5.32 Å². The van der Waals surface area contributed by atoms with E-state index in [1.807, 2.05) is 0 Å². The molecule has 108 valence electrons. The Morgan fingerprint density at radius 2 is 1.86 bits per heavy atom. The Bertz CT molecular complexity index is 669. The topological polar surface area (TPSA) is 74.0 Å². The molecule has 0 aromatic heterocycles. The van der Waals surface area contributed by atoms with Gasteiger partial charge in [-0.3, -0.25) is 10.1 Å². The zero-order valence-corrected chi connectivity index (χ0v) is 11.4. The van der Waals surface area contributed by atoms with Crippen LogP contribution in [0, 0.1) is 5.82 Å². The average Bonchev–Trinajstić information content (AvgIpc) is 2.50. The van der Waals surface area contributed by atoms with Gasteiger partial charge in [0.25, 0.3) is 0 Å². The standard InChI is InChI=1S/C15H14FN3O2/c1-17-9-18-19-12-5-2-10(3-6-12)15(21)11-4-7-14(20)13(16)8-11/h2-8,17,20H,9H2,1H3. The maximum atomic E-state index is 13.3. The van der Waals surface area contributed by atoms with Crippen LogP contribution in [0.2, 0.25) is 0 Å². The number of nitrogens with zero attached hydrogens (tertiary/aromatic N) is 2. The Balaban J connectivity index is 2.17. The molecule has 0 atom stereocenters. The van der Waals surface area contributed by atoms with Crippen LogP contribution in [0.5, 0.6) is 5.75 Å². The molecule has 2 rings (SSSR count). The zero-order chi connectivity index (χ0) is 15.2. The smallest absolute Gasteiger partial charge is 0.193 e. The van der Waals surface area contributed by atoms with Crippen LogP contribution in [0.25, 0.3) is 0 Å². The molecule has 0 unspecified atom stereocenters. The second-order valence-electron chi connectivity index (χ2n) is 4.30. The predicted molar refractivity (Wildman–Crippen MR) is 76.4 cm³/mol. The molecule has 0 heterocycles. The Morgan fingerprint density at radius 1 is 1.19 bits per heavy atom. The first-order chi connectivity index (χ1) is 10.1. The molecule has 0 aliphatic heterocycles. The van der Waals surface area contributed by atoms with Crippen LogP contribution in [0.1, 0.15) is 15.9 Å². The summed E-state index contributed by atoms with van der Waals surface area (Å²) in [5.41, 5.74) is 1.21. The fraction of sp³-hybridized carbons (Fsp3) is 0.133. The van der Waals surface area contributed by atoms with Gasteiger partial charge in [-0.1, -0.05) is 0 Å². The van der Waals surface area contributed by atoms with E-state index in [4.69, 9.17) is 5.11 Å².